The van der Waals surface area contributed by atoms with Crippen LogP contribution >= 0.6 is 0 Å². The third-order valence-electron chi connectivity index (χ3n) is 10.4. The van der Waals surface area contributed by atoms with Gasteiger partial charge >= 0.3 is 0 Å². The number of aryl methyl sites for hydroxylation is 2. The molecule has 2 aliphatic rings. The summed E-state index contributed by atoms with van der Waals surface area (Å²) in [6.07, 6.45) is 4.33. The van der Waals surface area contributed by atoms with E-state index in [1.807, 2.05) is 0 Å². The highest BCUT2D eigenvalue weighted by atomic mass is 16.5. The van der Waals surface area contributed by atoms with Gasteiger partial charge in [0.2, 0.25) is 0 Å². The average Bonchev–Trinajstić information content (AvgIpc) is 3.48. The van der Waals surface area contributed by atoms with E-state index < -0.39 is 0 Å². The molecule has 0 saturated carbocycles. The molecule has 3 nitrogen and oxygen atoms in total. The van der Waals surface area contributed by atoms with Gasteiger partial charge in [0, 0.05) is 33.9 Å². The predicted molar refractivity (Wildman–Crippen MR) is 201 cm³/mol. The summed E-state index contributed by atoms with van der Waals surface area (Å²) in [5.41, 5.74) is 14.0. The van der Waals surface area contributed by atoms with Crippen LogP contribution in [0.3, 0.4) is 0 Å². The minimum Gasteiger partial charge on any atom is -0.492 e. The number of rotatable bonds is 4. The molecule has 48 heavy (non-hydrogen) atoms. The lowest BCUT2D eigenvalue weighted by molar-refractivity contribution is 0.326. The first-order valence-corrected chi connectivity index (χ1v) is 18.1. The van der Waals surface area contributed by atoms with Gasteiger partial charge in [-0.05, 0) is 107 Å². The Bertz CT molecular complexity index is 1950. The molecular weight excluding hydrogens is 588 g/mol. The number of hydrogen-bond acceptors (Lipinski definition) is 3. The molecular formula is C45H50O3. The van der Waals surface area contributed by atoms with Crippen molar-refractivity contribution in [2.45, 2.75) is 105 Å². The monoisotopic (exact) mass is 638 g/mol. The molecule has 0 unspecified atom stereocenters. The van der Waals surface area contributed by atoms with Crippen LogP contribution in [0, 0.1) is 0 Å². The molecule has 0 spiro atoms. The maximum Gasteiger partial charge on any atom is 0.142 e. The van der Waals surface area contributed by atoms with Crippen LogP contribution in [0.15, 0.2) is 81.6 Å². The zero-order chi connectivity index (χ0) is 33.7. The predicted octanol–water partition coefficient (Wildman–Crippen LogP) is 13.1. The highest BCUT2D eigenvalue weighted by Crippen LogP contribution is 2.43. The van der Waals surface area contributed by atoms with Crippen LogP contribution in [0.1, 0.15) is 124 Å². The minimum atomic E-state index is 0.492. The van der Waals surface area contributed by atoms with Crippen LogP contribution in [0.25, 0.3) is 44.6 Å². The summed E-state index contributed by atoms with van der Waals surface area (Å²) in [5, 5.41) is 2.55. The van der Waals surface area contributed by atoms with Crippen molar-refractivity contribution in [1.29, 1.82) is 0 Å². The van der Waals surface area contributed by atoms with Crippen LogP contribution < -0.4 is 4.74 Å². The van der Waals surface area contributed by atoms with Gasteiger partial charge in [-0.25, -0.2) is 0 Å². The first-order valence-electron chi connectivity index (χ1n) is 18.1. The summed E-state index contributed by atoms with van der Waals surface area (Å²) >= 11 is 0. The molecule has 6 aromatic rings. The molecule has 0 N–H and O–H groups in total. The van der Waals surface area contributed by atoms with Crippen molar-refractivity contribution in [3.8, 4) is 28.4 Å². The Labute approximate surface area is 286 Å². The second-order valence-corrected chi connectivity index (χ2v) is 15.1. The number of fused-ring (bicyclic) bond motifs is 10. The van der Waals surface area contributed by atoms with Gasteiger partial charge in [-0.1, -0.05) is 91.8 Å². The summed E-state index contributed by atoms with van der Waals surface area (Å²) in [6, 6.07) is 26.7. The maximum atomic E-state index is 6.33. The molecule has 0 atom stereocenters. The highest BCUT2D eigenvalue weighted by Gasteiger charge is 2.24. The van der Waals surface area contributed by atoms with Crippen LogP contribution in [0.5, 0.6) is 5.75 Å². The van der Waals surface area contributed by atoms with E-state index in [1.165, 1.54) is 61.7 Å². The Hall–Kier alpha value is -4.24. The van der Waals surface area contributed by atoms with Gasteiger partial charge < -0.3 is 13.6 Å². The molecule has 3 heteroatoms. The van der Waals surface area contributed by atoms with Crippen molar-refractivity contribution >= 4 is 21.9 Å². The van der Waals surface area contributed by atoms with Gasteiger partial charge in [0.15, 0.2) is 0 Å². The van der Waals surface area contributed by atoms with Crippen LogP contribution in [-0.4, -0.2) is 6.61 Å². The molecule has 8 rings (SSSR count). The van der Waals surface area contributed by atoms with Gasteiger partial charge in [0.1, 0.15) is 28.4 Å². The molecule has 0 fully saturated rings. The Morgan fingerprint density at radius 3 is 1.54 bits per heavy atom. The van der Waals surface area contributed by atoms with Crippen molar-refractivity contribution in [3.63, 3.8) is 0 Å². The maximum absolute atomic E-state index is 6.33. The molecule has 4 aromatic carbocycles. The first kappa shape index (κ1) is 32.3. The molecule has 0 amide bonds. The van der Waals surface area contributed by atoms with Gasteiger partial charge in [-0.15, -0.1) is 0 Å². The Kier molecular flexibility index (Phi) is 8.75. The number of ether oxygens (including phenoxy) is 1. The van der Waals surface area contributed by atoms with E-state index in [9.17, 15) is 0 Å². The van der Waals surface area contributed by atoms with E-state index in [1.54, 1.807) is 0 Å². The highest BCUT2D eigenvalue weighted by molar-refractivity contribution is 5.91. The lowest BCUT2D eigenvalue weighted by Crippen LogP contribution is -1.99. The van der Waals surface area contributed by atoms with Crippen LogP contribution in [0.2, 0.25) is 0 Å². The molecule has 248 valence electrons. The fourth-order valence-electron chi connectivity index (χ4n) is 7.31. The molecule has 1 aliphatic carbocycles. The Balaban J connectivity index is 0.000000152. The topological polar surface area (TPSA) is 35.5 Å². The van der Waals surface area contributed by atoms with E-state index in [2.05, 4.69) is 128 Å². The number of hydrogen-bond donors (Lipinski definition) is 0. The lowest BCUT2D eigenvalue weighted by Gasteiger charge is -2.11. The molecule has 2 aromatic heterocycles. The van der Waals surface area contributed by atoms with E-state index >= 15 is 0 Å². The molecule has 3 heterocycles. The fraction of sp³-hybridized carbons (Fsp3) is 0.378. The fourth-order valence-corrected chi connectivity index (χ4v) is 7.31. The summed E-state index contributed by atoms with van der Waals surface area (Å²) in [4.78, 5) is 0. The molecule has 1 aliphatic heterocycles. The van der Waals surface area contributed by atoms with Gasteiger partial charge in [-0.3, -0.25) is 0 Å². The van der Waals surface area contributed by atoms with Crippen molar-refractivity contribution < 1.29 is 13.6 Å². The van der Waals surface area contributed by atoms with E-state index in [-0.39, 0.29) is 0 Å². The van der Waals surface area contributed by atoms with Crippen molar-refractivity contribution in [2.75, 3.05) is 6.61 Å². The largest absolute Gasteiger partial charge is 0.492 e. The summed E-state index contributed by atoms with van der Waals surface area (Å²) in [5.74, 6) is 5.16. The Morgan fingerprint density at radius 2 is 0.958 bits per heavy atom. The molecule has 0 radical (unpaired) electrons. The van der Waals surface area contributed by atoms with Gasteiger partial charge in [-0.2, -0.15) is 0 Å². The summed E-state index contributed by atoms with van der Waals surface area (Å²) in [7, 11) is 0. The number of furan rings is 2. The zero-order valence-electron chi connectivity index (χ0n) is 30.0. The van der Waals surface area contributed by atoms with Gasteiger partial charge in [0.25, 0.3) is 0 Å². The SMILES string of the molecule is CC(C)c1ccc2c(c1)CCCc1c-2oc2ccc(C(C)C)cc12.CC(C)c1ccc2c(c1)OCCc1c-2oc2ccc(C(C)C)cc12. The first-order chi connectivity index (χ1) is 23.1. The van der Waals surface area contributed by atoms with Crippen molar-refractivity contribution in [3.05, 3.63) is 112 Å². The summed E-state index contributed by atoms with van der Waals surface area (Å²) < 4.78 is 18.6. The quantitative estimate of drug-likeness (QED) is 0.193. The van der Waals surface area contributed by atoms with E-state index in [4.69, 9.17) is 13.6 Å². The normalized spacial score (nSPS) is 13.9. The second kappa shape index (κ2) is 13.0. The van der Waals surface area contributed by atoms with Crippen LogP contribution in [0.4, 0.5) is 0 Å². The molecule has 0 bridgehead atoms. The average molecular weight is 639 g/mol. The van der Waals surface area contributed by atoms with Crippen molar-refractivity contribution in [2.24, 2.45) is 0 Å². The van der Waals surface area contributed by atoms with E-state index in [0.29, 0.717) is 30.3 Å². The minimum absolute atomic E-state index is 0.492. The van der Waals surface area contributed by atoms with Gasteiger partial charge in [0.05, 0.1) is 12.2 Å². The third-order valence-corrected chi connectivity index (χ3v) is 10.4. The lowest BCUT2D eigenvalue weighted by atomic mass is 9.95. The zero-order valence-corrected chi connectivity index (χ0v) is 30.0. The second-order valence-electron chi connectivity index (χ2n) is 15.1. The van der Waals surface area contributed by atoms with E-state index in [0.717, 1.165) is 53.3 Å². The third kappa shape index (κ3) is 5.97. The standard InChI is InChI=1S/C23H26O.C22H24O2/c1-14(2)16-8-10-19-18(12-16)6-5-7-20-21-13-17(15(3)4)9-11-22(21)24-23(19)20;1-13(2)15-6-8-20-19(11-15)17-9-10-23-21-12-16(14(3)4)5-7-18(21)22(17)24-20/h8-15H,5-7H2,1-4H3;5-8,11-14H,9-10H2,1-4H3. The molecule has 0 saturated heterocycles. The van der Waals surface area contributed by atoms with Crippen molar-refractivity contribution in [1.82, 2.24) is 0 Å². The number of benzene rings is 4. The smallest absolute Gasteiger partial charge is 0.142 e. The van der Waals surface area contributed by atoms with Crippen LogP contribution in [-0.2, 0) is 19.3 Å². The summed E-state index contributed by atoms with van der Waals surface area (Å²) in [6.45, 7) is 18.6. The Morgan fingerprint density at radius 1 is 0.479 bits per heavy atom.